The topological polar surface area (TPSA) is 86.5 Å². The fourth-order valence-corrected chi connectivity index (χ4v) is 2.14. The van der Waals surface area contributed by atoms with Crippen LogP contribution in [0, 0.1) is 15.9 Å². The smallest absolute Gasteiger partial charge is 0.311 e. The molecule has 2 rings (SSSR count). The summed E-state index contributed by atoms with van der Waals surface area (Å²) in [7, 11) is 2.86. The van der Waals surface area contributed by atoms with Crippen LogP contribution < -0.4 is 14.8 Å². The average Bonchev–Trinajstić information content (AvgIpc) is 2.54. The number of pyridine rings is 1. The van der Waals surface area contributed by atoms with E-state index in [9.17, 15) is 14.5 Å². The Bertz CT molecular complexity index is 724. The van der Waals surface area contributed by atoms with Crippen molar-refractivity contribution in [2.45, 2.75) is 13.0 Å². The molecule has 1 heterocycles. The van der Waals surface area contributed by atoms with Crippen molar-refractivity contribution in [1.82, 2.24) is 4.98 Å². The van der Waals surface area contributed by atoms with E-state index in [1.54, 1.807) is 6.92 Å². The molecule has 1 aromatic heterocycles. The highest BCUT2D eigenvalue weighted by atomic mass is 19.1. The number of nitro groups is 1. The quantitative estimate of drug-likeness (QED) is 0.649. The Morgan fingerprint density at radius 2 is 1.96 bits per heavy atom. The minimum absolute atomic E-state index is 0.0687. The molecule has 8 heteroatoms. The molecule has 0 aliphatic rings. The van der Waals surface area contributed by atoms with E-state index in [0.29, 0.717) is 5.75 Å². The maximum atomic E-state index is 14.2. The van der Waals surface area contributed by atoms with E-state index in [0.717, 1.165) is 0 Å². The highest BCUT2D eigenvalue weighted by Gasteiger charge is 2.20. The molecule has 0 aliphatic heterocycles. The second-order valence-corrected chi connectivity index (χ2v) is 4.72. The second kappa shape index (κ2) is 6.91. The number of ether oxygens (including phenoxy) is 2. The zero-order valence-electron chi connectivity index (χ0n) is 12.9. The minimum atomic E-state index is -0.566. The average molecular weight is 321 g/mol. The molecule has 0 saturated heterocycles. The van der Waals surface area contributed by atoms with Crippen molar-refractivity contribution in [1.29, 1.82) is 0 Å². The van der Waals surface area contributed by atoms with Crippen molar-refractivity contribution in [2.75, 3.05) is 19.5 Å². The van der Waals surface area contributed by atoms with Crippen LogP contribution in [-0.2, 0) is 0 Å². The molecular weight excluding hydrogens is 305 g/mol. The van der Waals surface area contributed by atoms with Gasteiger partial charge in [0.05, 0.1) is 25.2 Å². The van der Waals surface area contributed by atoms with Crippen molar-refractivity contribution in [3.05, 3.63) is 52.0 Å². The molecular formula is C15H16FN3O4. The van der Waals surface area contributed by atoms with Crippen LogP contribution in [0.1, 0.15) is 18.5 Å². The van der Waals surface area contributed by atoms with Crippen LogP contribution in [-0.4, -0.2) is 24.1 Å². The molecule has 0 aliphatic carbocycles. The van der Waals surface area contributed by atoms with Crippen LogP contribution in [0.25, 0.3) is 0 Å². The van der Waals surface area contributed by atoms with Crippen molar-refractivity contribution in [3.8, 4) is 11.5 Å². The van der Waals surface area contributed by atoms with E-state index in [-0.39, 0.29) is 22.8 Å². The molecule has 1 N–H and O–H groups in total. The number of hydrogen-bond donors (Lipinski definition) is 1. The van der Waals surface area contributed by atoms with Crippen LogP contribution in [0.4, 0.5) is 15.9 Å². The first-order valence-electron chi connectivity index (χ1n) is 6.75. The summed E-state index contributed by atoms with van der Waals surface area (Å²) < 4.78 is 24.4. The molecule has 0 saturated carbocycles. The third kappa shape index (κ3) is 3.47. The number of nitrogens with one attached hydrogen (secondary N) is 1. The standard InChI is InChI=1S/C15H16FN3O4/c1-9(18-15-12(19(20)21)5-4-6-17-15)10-7-13(22-2)14(23-3)8-11(10)16/h4-9H,1-3H3,(H,17,18)/t9-/m0/s1. The van der Waals surface area contributed by atoms with E-state index < -0.39 is 16.8 Å². The molecule has 23 heavy (non-hydrogen) atoms. The Balaban J connectivity index is 2.35. The van der Waals surface area contributed by atoms with Gasteiger partial charge < -0.3 is 14.8 Å². The van der Waals surface area contributed by atoms with Gasteiger partial charge in [-0.05, 0) is 19.1 Å². The molecule has 1 atom stereocenters. The SMILES string of the molecule is COc1cc(F)c([C@H](C)Nc2ncccc2[N+](=O)[O-])cc1OC. The third-order valence-corrected chi connectivity index (χ3v) is 3.31. The third-order valence-electron chi connectivity index (χ3n) is 3.31. The van der Waals surface area contributed by atoms with Crippen LogP contribution in [0.5, 0.6) is 11.5 Å². The molecule has 0 unspecified atom stereocenters. The van der Waals surface area contributed by atoms with Gasteiger partial charge in [-0.3, -0.25) is 10.1 Å². The zero-order valence-corrected chi connectivity index (χ0v) is 12.9. The number of rotatable bonds is 6. The van der Waals surface area contributed by atoms with Gasteiger partial charge >= 0.3 is 5.69 Å². The van der Waals surface area contributed by atoms with Gasteiger partial charge in [0, 0.05) is 23.9 Å². The van der Waals surface area contributed by atoms with Crippen LogP contribution >= 0.6 is 0 Å². The van der Waals surface area contributed by atoms with E-state index in [4.69, 9.17) is 9.47 Å². The number of halogens is 1. The van der Waals surface area contributed by atoms with E-state index in [2.05, 4.69) is 10.3 Å². The van der Waals surface area contributed by atoms with Gasteiger partial charge in [0.25, 0.3) is 0 Å². The summed E-state index contributed by atoms with van der Waals surface area (Å²) in [4.78, 5) is 14.4. The van der Waals surface area contributed by atoms with Gasteiger partial charge in [-0.25, -0.2) is 9.37 Å². The molecule has 0 radical (unpaired) electrons. The lowest BCUT2D eigenvalue weighted by Gasteiger charge is -2.17. The first-order valence-corrected chi connectivity index (χ1v) is 6.75. The lowest BCUT2D eigenvalue weighted by atomic mass is 10.1. The number of methoxy groups -OCH3 is 2. The summed E-state index contributed by atoms with van der Waals surface area (Å²) in [5.74, 6) is 0.193. The monoisotopic (exact) mass is 321 g/mol. The number of nitrogens with zero attached hydrogens (tertiary/aromatic N) is 2. The van der Waals surface area contributed by atoms with Gasteiger partial charge in [0.1, 0.15) is 5.82 Å². The van der Waals surface area contributed by atoms with E-state index in [1.807, 2.05) is 0 Å². The van der Waals surface area contributed by atoms with Crippen LogP contribution in [0.2, 0.25) is 0 Å². The summed E-state index contributed by atoms with van der Waals surface area (Å²) in [6.45, 7) is 1.67. The molecule has 1 aromatic carbocycles. The first-order chi connectivity index (χ1) is 11.0. The Labute approximate surface area is 132 Å². The summed E-state index contributed by atoms with van der Waals surface area (Å²) in [6.07, 6.45) is 1.42. The zero-order chi connectivity index (χ0) is 17.0. The van der Waals surface area contributed by atoms with Gasteiger partial charge in [0.2, 0.25) is 5.82 Å². The molecule has 0 fully saturated rings. The largest absolute Gasteiger partial charge is 0.493 e. The molecule has 122 valence electrons. The van der Waals surface area contributed by atoms with Gasteiger partial charge in [-0.2, -0.15) is 0 Å². The van der Waals surface area contributed by atoms with Gasteiger partial charge in [-0.1, -0.05) is 0 Å². The number of benzene rings is 1. The highest BCUT2D eigenvalue weighted by molar-refractivity contribution is 5.57. The number of aromatic nitrogens is 1. The number of anilines is 1. The summed E-state index contributed by atoms with van der Waals surface area (Å²) in [5, 5.41) is 13.9. The maximum absolute atomic E-state index is 14.2. The molecule has 7 nitrogen and oxygen atoms in total. The van der Waals surface area contributed by atoms with Crippen LogP contribution in [0.15, 0.2) is 30.5 Å². The summed E-state index contributed by atoms with van der Waals surface area (Å²) >= 11 is 0. The van der Waals surface area contributed by atoms with E-state index >= 15 is 0 Å². The first kappa shape index (κ1) is 16.5. The maximum Gasteiger partial charge on any atom is 0.311 e. The Kier molecular flexibility index (Phi) is 4.95. The molecule has 0 spiro atoms. The Hall–Kier alpha value is -2.90. The predicted octanol–water partition coefficient (Wildman–Crippen LogP) is 3.32. The predicted molar refractivity (Wildman–Crippen MR) is 82.4 cm³/mol. The summed E-state index contributed by atoms with van der Waals surface area (Å²) in [5.41, 5.74) is 0.0998. The van der Waals surface area contributed by atoms with Crippen molar-refractivity contribution < 1.29 is 18.8 Å². The second-order valence-electron chi connectivity index (χ2n) is 4.72. The highest BCUT2D eigenvalue weighted by Crippen LogP contribution is 2.34. The van der Waals surface area contributed by atoms with Crippen LogP contribution in [0.3, 0.4) is 0 Å². The molecule has 0 amide bonds. The van der Waals surface area contributed by atoms with Gasteiger partial charge in [0.15, 0.2) is 11.5 Å². The fraction of sp³-hybridized carbons (Fsp3) is 0.267. The summed E-state index contributed by atoms with van der Waals surface area (Å²) in [6, 6.07) is 4.92. The lowest BCUT2D eigenvalue weighted by Crippen LogP contribution is -2.11. The van der Waals surface area contributed by atoms with Crippen molar-refractivity contribution >= 4 is 11.5 Å². The minimum Gasteiger partial charge on any atom is -0.493 e. The lowest BCUT2D eigenvalue weighted by molar-refractivity contribution is -0.384. The molecule has 0 bridgehead atoms. The molecule has 2 aromatic rings. The fourth-order valence-electron chi connectivity index (χ4n) is 2.14. The van der Waals surface area contributed by atoms with E-state index in [1.165, 1.54) is 44.7 Å². The number of hydrogen-bond acceptors (Lipinski definition) is 6. The van der Waals surface area contributed by atoms with Crippen molar-refractivity contribution in [2.24, 2.45) is 0 Å². The normalized spacial score (nSPS) is 11.7. The Morgan fingerprint density at radius 1 is 1.30 bits per heavy atom. The Morgan fingerprint density at radius 3 is 2.57 bits per heavy atom. The van der Waals surface area contributed by atoms with Gasteiger partial charge in [-0.15, -0.1) is 0 Å². The van der Waals surface area contributed by atoms with Crippen molar-refractivity contribution in [3.63, 3.8) is 0 Å².